The van der Waals surface area contributed by atoms with Crippen LogP contribution in [-0.4, -0.2) is 28.9 Å². The molecule has 0 aliphatic heterocycles. The molecule has 1 aromatic carbocycles. The van der Waals surface area contributed by atoms with Gasteiger partial charge in [0.1, 0.15) is 11.9 Å². The zero-order valence-corrected chi connectivity index (χ0v) is 10.1. The number of carbonyl (C=O) groups is 3. The van der Waals surface area contributed by atoms with Crippen molar-refractivity contribution in [2.75, 3.05) is 0 Å². The molecule has 0 aromatic heterocycles. The van der Waals surface area contributed by atoms with Crippen LogP contribution in [0.4, 0.5) is 4.39 Å². The van der Waals surface area contributed by atoms with Gasteiger partial charge in [-0.3, -0.25) is 9.59 Å². The number of carboxylic acid groups (broad SMARTS) is 1. The Kier molecular flexibility index (Phi) is 4.57. The van der Waals surface area contributed by atoms with Crippen LogP contribution in [0.2, 0.25) is 0 Å². The van der Waals surface area contributed by atoms with E-state index in [0.29, 0.717) is 5.56 Å². The lowest BCUT2D eigenvalue weighted by Crippen LogP contribution is -2.43. The average Bonchev–Trinajstić information content (AvgIpc) is 2.30. The van der Waals surface area contributed by atoms with Gasteiger partial charge in [-0.2, -0.15) is 0 Å². The molecule has 2 amide bonds. The third-order valence-corrected chi connectivity index (χ3v) is 2.45. The Morgan fingerprint density at radius 2 is 2.05 bits per heavy atom. The predicted molar refractivity (Wildman–Crippen MR) is 63.8 cm³/mol. The summed E-state index contributed by atoms with van der Waals surface area (Å²) >= 11 is 0. The number of rotatable bonds is 5. The molecular formula is C12H13FN2O4. The lowest BCUT2D eigenvalue weighted by molar-refractivity contribution is -0.140. The van der Waals surface area contributed by atoms with E-state index in [9.17, 15) is 18.8 Å². The summed E-state index contributed by atoms with van der Waals surface area (Å²) in [6.45, 7) is 1.58. The molecule has 1 rings (SSSR count). The maximum Gasteiger partial charge on any atom is 0.326 e. The van der Waals surface area contributed by atoms with Gasteiger partial charge < -0.3 is 16.2 Å². The fourth-order valence-corrected chi connectivity index (χ4v) is 1.48. The lowest BCUT2D eigenvalue weighted by Gasteiger charge is -2.13. The topological polar surface area (TPSA) is 109 Å². The molecular weight excluding hydrogens is 255 g/mol. The minimum absolute atomic E-state index is 0.00993. The molecule has 0 unspecified atom stereocenters. The summed E-state index contributed by atoms with van der Waals surface area (Å²) in [5.41, 5.74) is 5.38. The molecule has 0 fully saturated rings. The highest BCUT2D eigenvalue weighted by atomic mass is 19.1. The largest absolute Gasteiger partial charge is 0.480 e. The van der Waals surface area contributed by atoms with Crippen molar-refractivity contribution in [3.8, 4) is 0 Å². The second-order valence-corrected chi connectivity index (χ2v) is 3.99. The van der Waals surface area contributed by atoms with Gasteiger partial charge >= 0.3 is 5.97 Å². The van der Waals surface area contributed by atoms with Gasteiger partial charge in [0.15, 0.2) is 0 Å². The van der Waals surface area contributed by atoms with Crippen LogP contribution in [0.1, 0.15) is 22.3 Å². The Bertz CT molecular complexity index is 530. The van der Waals surface area contributed by atoms with Gasteiger partial charge in [0.25, 0.3) is 5.91 Å². The zero-order valence-electron chi connectivity index (χ0n) is 10.1. The maximum absolute atomic E-state index is 13.0. The number of halogens is 1. The van der Waals surface area contributed by atoms with Gasteiger partial charge in [0.05, 0.1) is 6.42 Å². The number of nitrogens with two attached hydrogens (primary N) is 1. The number of nitrogens with one attached hydrogen (secondary N) is 1. The first-order valence-corrected chi connectivity index (χ1v) is 5.39. The van der Waals surface area contributed by atoms with Crippen molar-refractivity contribution in [1.29, 1.82) is 0 Å². The molecule has 6 nitrogen and oxygen atoms in total. The molecule has 0 spiro atoms. The van der Waals surface area contributed by atoms with Crippen LogP contribution < -0.4 is 11.1 Å². The van der Waals surface area contributed by atoms with E-state index in [1.165, 1.54) is 12.1 Å². The average molecular weight is 268 g/mol. The van der Waals surface area contributed by atoms with E-state index in [2.05, 4.69) is 5.32 Å². The van der Waals surface area contributed by atoms with E-state index in [4.69, 9.17) is 10.8 Å². The number of aryl methyl sites for hydroxylation is 1. The SMILES string of the molecule is Cc1ccc(F)cc1C(=O)N[C@@H](CC(N)=O)C(=O)O. The van der Waals surface area contributed by atoms with Crippen molar-refractivity contribution in [2.24, 2.45) is 5.73 Å². The normalized spacial score (nSPS) is 11.7. The van der Waals surface area contributed by atoms with Crippen LogP contribution in [0, 0.1) is 12.7 Å². The molecule has 0 saturated heterocycles. The minimum atomic E-state index is -1.44. The molecule has 0 radical (unpaired) electrons. The molecule has 0 heterocycles. The molecule has 1 aromatic rings. The number of aliphatic carboxylic acids is 1. The zero-order chi connectivity index (χ0) is 14.6. The van der Waals surface area contributed by atoms with Crippen molar-refractivity contribution < 1.29 is 23.9 Å². The van der Waals surface area contributed by atoms with Gasteiger partial charge in [0, 0.05) is 5.56 Å². The summed E-state index contributed by atoms with van der Waals surface area (Å²) in [7, 11) is 0. The first kappa shape index (κ1) is 14.6. The summed E-state index contributed by atoms with van der Waals surface area (Å²) in [5.74, 6) is -3.63. The van der Waals surface area contributed by atoms with Crippen molar-refractivity contribution in [1.82, 2.24) is 5.32 Å². The highest BCUT2D eigenvalue weighted by molar-refractivity contribution is 5.98. The summed E-state index contributed by atoms with van der Waals surface area (Å²) in [4.78, 5) is 33.4. The van der Waals surface area contributed by atoms with E-state index < -0.39 is 36.1 Å². The second kappa shape index (κ2) is 5.94. The van der Waals surface area contributed by atoms with Crippen molar-refractivity contribution in [2.45, 2.75) is 19.4 Å². The predicted octanol–water partition coefficient (Wildman–Crippen LogP) is 0.193. The van der Waals surface area contributed by atoms with E-state index in [-0.39, 0.29) is 5.56 Å². The highest BCUT2D eigenvalue weighted by Crippen LogP contribution is 2.10. The van der Waals surface area contributed by atoms with Crippen LogP contribution in [0.25, 0.3) is 0 Å². The van der Waals surface area contributed by atoms with Crippen LogP contribution in [0.15, 0.2) is 18.2 Å². The van der Waals surface area contributed by atoms with Gasteiger partial charge in [0.2, 0.25) is 5.91 Å². The summed E-state index contributed by atoms with van der Waals surface area (Å²) in [5, 5.41) is 11.0. The van der Waals surface area contributed by atoms with Crippen LogP contribution >= 0.6 is 0 Å². The number of carboxylic acids is 1. The smallest absolute Gasteiger partial charge is 0.326 e. The van der Waals surface area contributed by atoms with Gasteiger partial charge in [-0.25, -0.2) is 9.18 Å². The van der Waals surface area contributed by atoms with E-state index in [1.54, 1.807) is 6.92 Å². The second-order valence-electron chi connectivity index (χ2n) is 3.99. The molecule has 4 N–H and O–H groups in total. The number of primary amides is 1. The fourth-order valence-electron chi connectivity index (χ4n) is 1.48. The minimum Gasteiger partial charge on any atom is -0.480 e. The Morgan fingerprint density at radius 3 is 2.58 bits per heavy atom. The molecule has 19 heavy (non-hydrogen) atoms. The third kappa shape index (κ3) is 4.06. The molecule has 0 bridgehead atoms. The monoisotopic (exact) mass is 268 g/mol. The first-order valence-electron chi connectivity index (χ1n) is 5.39. The van der Waals surface area contributed by atoms with Crippen molar-refractivity contribution in [3.05, 3.63) is 35.1 Å². The number of benzene rings is 1. The number of carbonyl (C=O) groups excluding carboxylic acids is 2. The van der Waals surface area contributed by atoms with E-state index >= 15 is 0 Å². The molecule has 102 valence electrons. The number of hydrogen-bond donors (Lipinski definition) is 3. The van der Waals surface area contributed by atoms with Crippen LogP contribution in [0.5, 0.6) is 0 Å². The Hall–Kier alpha value is -2.44. The first-order chi connectivity index (χ1) is 8.81. The standard InChI is InChI=1S/C12H13FN2O4/c1-6-2-3-7(13)4-8(6)11(17)15-9(12(18)19)5-10(14)16/h2-4,9H,5H2,1H3,(H2,14,16)(H,15,17)(H,18,19)/t9-/m0/s1. The third-order valence-electron chi connectivity index (χ3n) is 2.45. The maximum atomic E-state index is 13.0. The Morgan fingerprint density at radius 1 is 1.42 bits per heavy atom. The fraction of sp³-hybridized carbons (Fsp3) is 0.250. The van der Waals surface area contributed by atoms with Gasteiger partial charge in [-0.1, -0.05) is 6.07 Å². The van der Waals surface area contributed by atoms with Crippen LogP contribution in [0.3, 0.4) is 0 Å². The Labute approximate surface area is 108 Å². The summed E-state index contributed by atoms with van der Waals surface area (Å²) in [6.07, 6.45) is -0.532. The Balaban J connectivity index is 2.90. The van der Waals surface area contributed by atoms with Crippen molar-refractivity contribution >= 4 is 17.8 Å². The van der Waals surface area contributed by atoms with Gasteiger partial charge in [-0.15, -0.1) is 0 Å². The van der Waals surface area contributed by atoms with Gasteiger partial charge in [-0.05, 0) is 24.6 Å². The molecule has 0 aliphatic carbocycles. The van der Waals surface area contributed by atoms with E-state index in [1.807, 2.05) is 0 Å². The lowest BCUT2D eigenvalue weighted by atomic mass is 10.1. The van der Waals surface area contributed by atoms with Crippen molar-refractivity contribution in [3.63, 3.8) is 0 Å². The number of amides is 2. The molecule has 0 saturated carbocycles. The highest BCUT2D eigenvalue weighted by Gasteiger charge is 2.23. The molecule has 1 atom stereocenters. The van der Waals surface area contributed by atoms with Crippen LogP contribution in [-0.2, 0) is 9.59 Å². The summed E-state index contributed by atoms with van der Waals surface area (Å²) < 4.78 is 13.0. The molecule has 7 heteroatoms. The number of hydrogen-bond acceptors (Lipinski definition) is 3. The quantitative estimate of drug-likeness (QED) is 0.708. The molecule has 0 aliphatic rings. The summed E-state index contributed by atoms with van der Waals surface area (Å²) in [6, 6.07) is 2.14. The van der Waals surface area contributed by atoms with E-state index in [0.717, 1.165) is 6.07 Å².